The van der Waals surface area contributed by atoms with Gasteiger partial charge in [0, 0.05) is 18.7 Å². The number of hydrogen-bond acceptors (Lipinski definition) is 3. The summed E-state index contributed by atoms with van der Waals surface area (Å²) in [6.07, 6.45) is 3.17. The highest BCUT2D eigenvalue weighted by Crippen LogP contribution is 2.19. The number of nitrogens with zero attached hydrogens (tertiary/aromatic N) is 1. The second-order valence-electron chi connectivity index (χ2n) is 5.04. The van der Waals surface area contributed by atoms with Crippen molar-refractivity contribution in [2.75, 3.05) is 26.2 Å². The zero-order chi connectivity index (χ0) is 12.8. The maximum absolute atomic E-state index is 12.1. The van der Waals surface area contributed by atoms with Crippen LogP contribution in [0.3, 0.4) is 0 Å². The van der Waals surface area contributed by atoms with Gasteiger partial charge in [0.25, 0.3) is 0 Å². The Labute approximate surface area is 108 Å². The molecule has 1 fully saturated rings. The molecule has 2 rings (SSSR count). The predicted molar refractivity (Wildman–Crippen MR) is 71.6 cm³/mol. The van der Waals surface area contributed by atoms with E-state index in [0.29, 0.717) is 12.5 Å². The lowest BCUT2D eigenvalue weighted by Gasteiger charge is -2.31. The first-order valence-electron chi connectivity index (χ1n) is 6.71. The Morgan fingerprint density at radius 2 is 2.11 bits per heavy atom. The van der Waals surface area contributed by atoms with E-state index >= 15 is 0 Å². The van der Waals surface area contributed by atoms with Crippen molar-refractivity contribution in [2.45, 2.75) is 19.3 Å². The molecule has 0 bridgehead atoms. The van der Waals surface area contributed by atoms with Gasteiger partial charge in [-0.25, -0.2) is 0 Å². The van der Waals surface area contributed by atoms with Gasteiger partial charge in [-0.2, -0.15) is 0 Å². The van der Waals surface area contributed by atoms with Crippen LogP contribution in [-0.2, 0) is 0 Å². The minimum atomic E-state index is 0.195. The number of carbonyl (C=O) groups excluding carboxylic acids is 1. The summed E-state index contributed by atoms with van der Waals surface area (Å²) in [5.41, 5.74) is 0.793. The zero-order valence-electron chi connectivity index (χ0n) is 10.7. The fourth-order valence-corrected chi connectivity index (χ4v) is 2.63. The largest absolute Gasteiger partial charge is 0.396 e. The second-order valence-corrected chi connectivity index (χ2v) is 5.04. The first kappa shape index (κ1) is 13.2. The zero-order valence-corrected chi connectivity index (χ0v) is 10.7. The Bertz CT molecular complexity index is 375. The van der Waals surface area contributed by atoms with Crippen LogP contribution in [-0.4, -0.2) is 42.0 Å². The molecule has 1 aliphatic heterocycles. The van der Waals surface area contributed by atoms with Crippen LogP contribution in [0, 0.1) is 5.92 Å². The van der Waals surface area contributed by atoms with Crippen LogP contribution in [0.4, 0.5) is 0 Å². The van der Waals surface area contributed by atoms with Crippen LogP contribution < -0.4 is 0 Å². The first-order valence-corrected chi connectivity index (χ1v) is 6.71. The molecule has 1 atom stereocenters. The van der Waals surface area contributed by atoms with E-state index in [1.165, 1.54) is 6.42 Å². The molecule has 1 aromatic carbocycles. The molecule has 0 saturated carbocycles. The number of hydrogen-bond donors (Lipinski definition) is 1. The van der Waals surface area contributed by atoms with E-state index in [4.69, 9.17) is 5.11 Å². The summed E-state index contributed by atoms with van der Waals surface area (Å²) >= 11 is 0. The van der Waals surface area contributed by atoms with Crippen LogP contribution in [0.5, 0.6) is 0 Å². The quantitative estimate of drug-likeness (QED) is 0.809. The highest BCUT2D eigenvalue weighted by molar-refractivity contribution is 5.97. The van der Waals surface area contributed by atoms with Crippen LogP contribution in [0.1, 0.15) is 29.6 Å². The van der Waals surface area contributed by atoms with Crippen molar-refractivity contribution < 1.29 is 9.90 Å². The summed E-state index contributed by atoms with van der Waals surface area (Å²) in [6.45, 7) is 2.71. The minimum absolute atomic E-state index is 0.195. The van der Waals surface area contributed by atoms with Crippen LogP contribution in [0.2, 0.25) is 0 Å². The number of aliphatic hydroxyl groups is 1. The summed E-state index contributed by atoms with van der Waals surface area (Å²) in [5, 5.41) is 8.98. The molecule has 18 heavy (non-hydrogen) atoms. The number of carbonyl (C=O) groups is 1. The van der Waals surface area contributed by atoms with Gasteiger partial charge in [-0.1, -0.05) is 30.3 Å². The smallest absolute Gasteiger partial charge is 0.176 e. The van der Waals surface area contributed by atoms with Crippen molar-refractivity contribution in [1.29, 1.82) is 0 Å². The summed E-state index contributed by atoms with van der Waals surface area (Å²) in [5.74, 6) is 0.743. The van der Waals surface area contributed by atoms with Crippen molar-refractivity contribution in [1.82, 2.24) is 4.90 Å². The van der Waals surface area contributed by atoms with Crippen LogP contribution in [0.15, 0.2) is 30.3 Å². The van der Waals surface area contributed by atoms with E-state index in [1.807, 2.05) is 30.3 Å². The predicted octanol–water partition coefficient (Wildman–Crippen LogP) is 1.96. The average molecular weight is 247 g/mol. The number of ketones is 1. The number of likely N-dealkylation sites (tertiary alicyclic amines) is 1. The molecular weight excluding hydrogens is 226 g/mol. The third kappa shape index (κ3) is 3.65. The molecule has 3 nitrogen and oxygen atoms in total. The third-order valence-electron chi connectivity index (χ3n) is 3.60. The number of piperidine rings is 1. The highest BCUT2D eigenvalue weighted by Gasteiger charge is 2.21. The van der Waals surface area contributed by atoms with E-state index in [9.17, 15) is 4.79 Å². The molecule has 0 amide bonds. The Morgan fingerprint density at radius 3 is 2.83 bits per heavy atom. The molecule has 3 heteroatoms. The Hall–Kier alpha value is -1.19. The lowest BCUT2D eigenvalue weighted by atomic mass is 9.95. The molecular formula is C15H21NO2. The van der Waals surface area contributed by atoms with Gasteiger partial charge in [0.15, 0.2) is 5.78 Å². The molecule has 0 radical (unpaired) electrons. The Kier molecular flexibility index (Phi) is 4.90. The van der Waals surface area contributed by atoms with Crippen molar-refractivity contribution >= 4 is 5.78 Å². The maximum atomic E-state index is 12.1. The number of rotatable bonds is 5. The van der Waals surface area contributed by atoms with E-state index in [-0.39, 0.29) is 12.4 Å². The molecule has 98 valence electrons. The Balaban J connectivity index is 1.87. The minimum Gasteiger partial charge on any atom is -0.396 e. The van der Waals surface area contributed by atoms with E-state index < -0.39 is 0 Å². The molecule has 1 N–H and O–H groups in total. The van der Waals surface area contributed by atoms with Gasteiger partial charge in [-0.15, -0.1) is 0 Å². The van der Waals surface area contributed by atoms with Crippen molar-refractivity contribution in [3.63, 3.8) is 0 Å². The summed E-state index contributed by atoms with van der Waals surface area (Å²) in [6, 6.07) is 9.47. The van der Waals surface area contributed by atoms with Gasteiger partial charge >= 0.3 is 0 Å². The molecule has 1 heterocycles. The Morgan fingerprint density at radius 1 is 1.33 bits per heavy atom. The van der Waals surface area contributed by atoms with Gasteiger partial charge in [-0.05, 0) is 31.7 Å². The van der Waals surface area contributed by atoms with Gasteiger partial charge in [-0.3, -0.25) is 9.69 Å². The van der Waals surface area contributed by atoms with Crippen molar-refractivity contribution in [2.24, 2.45) is 5.92 Å². The van der Waals surface area contributed by atoms with E-state index in [2.05, 4.69) is 4.90 Å². The molecule has 1 aliphatic rings. The van der Waals surface area contributed by atoms with E-state index in [1.54, 1.807) is 0 Å². The molecule has 1 saturated heterocycles. The SMILES string of the molecule is O=C(CN1CCCC(CCO)C1)c1ccccc1. The third-order valence-corrected chi connectivity index (χ3v) is 3.60. The normalized spacial score (nSPS) is 20.8. The fourth-order valence-electron chi connectivity index (χ4n) is 2.63. The second kappa shape index (κ2) is 6.66. The molecule has 0 spiro atoms. The highest BCUT2D eigenvalue weighted by atomic mass is 16.3. The lowest BCUT2D eigenvalue weighted by molar-refractivity contribution is 0.0871. The van der Waals surface area contributed by atoms with Gasteiger partial charge < -0.3 is 5.11 Å². The topological polar surface area (TPSA) is 40.5 Å². The summed E-state index contributed by atoms with van der Waals surface area (Å²) < 4.78 is 0. The van der Waals surface area contributed by atoms with Gasteiger partial charge in [0.05, 0.1) is 6.54 Å². The molecule has 1 unspecified atom stereocenters. The number of Topliss-reactive ketones (excluding diaryl/α,β-unsaturated/α-hetero) is 1. The number of benzene rings is 1. The summed E-state index contributed by atoms with van der Waals surface area (Å²) in [7, 11) is 0. The first-order chi connectivity index (χ1) is 8.79. The fraction of sp³-hybridized carbons (Fsp3) is 0.533. The standard InChI is InChI=1S/C15H21NO2/c17-10-8-13-5-4-9-16(11-13)12-15(18)14-6-2-1-3-7-14/h1-3,6-7,13,17H,4-5,8-12H2. The lowest BCUT2D eigenvalue weighted by Crippen LogP contribution is -2.39. The monoisotopic (exact) mass is 247 g/mol. The van der Waals surface area contributed by atoms with Gasteiger partial charge in [0.2, 0.25) is 0 Å². The molecule has 0 aromatic heterocycles. The van der Waals surface area contributed by atoms with Gasteiger partial charge in [0.1, 0.15) is 0 Å². The van der Waals surface area contributed by atoms with Crippen LogP contribution >= 0.6 is 0 Å². The maximum Gasteiger partial charge on any atom is 0.176 e. The molecule has 1 aromatic rings. The van der Waals surface area contributed by atoms with E-state index in [0.717, 1.165) is 31.5 Å². The average Bonchev–Trinajstić information content (AvgIpc) is 2.40. The summed E-state index contributed by atoms with van der Waals surface area (Å²) in [4.78, 5) is 14.3. The molecule has 0 aliphatic carbocycles. The van der Waals surface area contributed by atoms with Crippen molar-refractivity contribution in [3.05, 3.63) is 35.9 Å². The van der Waals surface area contributed by atoms with Crippen molar-refractivity contribution in [3.8, 4) is 0 Å². The van der Waals surface area contributed by atoms with Crippen LogP contribution in [0.25, 0.3) is 0 Å². The number of aliphatic hydroxyl groups excluding tert-OH is 1.